The first-order valence-corrected chi connectivity index (χ1v) is 15.3. The lowest BCUT2D eigenvalue weighted by Crippen LogP contribution is -2.52. The minimum atomic E-state index is -1.29. The minimum absolute atomic E-state index is 0.0398. The Balaban J connectivity index is 1.38. The molecule has 2 saturated heterocycles. The summed E-state index contributed by atoms with van der Waals surface area (Å²) < 4.78 is 22.8. The van der Waals surface area contributed by atoms with Crippen LogP contribution in [0.25, 0.3) is 0 Å². The van der Waals surface area contributed by atoms with E-state index in [0.717, 1.165) is 43.4 Å². The van der Waals surface area contributed by atoms with Crippen LogP contribution in [-0.2, 0) is 20.9 Å². The Hall–Kier alpha value is -3.34. The van der Waals surface area contributed by atoms with Crippen molar-refractivity contribution in [2.45, 2.75) is 51.2 Å². The molecule has 10 nitrogen and oxygen atoms in total. The van der Waals surface area contributed by atoms with E-state index in [1.807, 2.05) is 54.3 Å². The van der Waals surface area contributed by atoms with E-state index >= 15 is 0 Å². The van der Waals surface area contributed by atoms with Crippen molar-refractivity contribution in [1.82, 2.24) is 14.7 Å². The maximum Gasteiger partial charge on any atom is 0.248 e. The zero-order chi connectivity index (χ0) is 30.7. The van der Waals surface area contributed by atoms with Gasteiger partial charge < -0.3 is 33.9 Å². The molecule has 0 saturated carbocycles. The van der Waals surface area contributed by atoms with Crippen molar-refractivity contribution in [2.24, 2.45) is 0 Å². The number of carbonyl (C=O) groups excluding carboxylic acids is 2. The van der Waals surface area contributed by atoms with Crippen LogP contribution in [0.5, 0.6) is 17.2 Å². The SMILES string of the molecule is COCC(=O)N1CCN(Cc2ccc(OCCCN3CCCCCC3=O)c(OC)c2)C[C@](O)(COc2ccc(C)cc2)C1. The zero-order valence-corrected chi connectivity index (χ0v) is 25.9. The van der Waals surface area contributed by atoms with Crippen molar-refractivity contribution < 1.29 is 33.6 Å². The lowest BCUT2D eigenvalue weighted by molar-refractivity contribution is -0.138. The highest BCUT2D eigenvalue weighted by Crippen LogP contribution is 2.29. The first-order chi connectivity index (χ1) is 20.8. The molecule has 2 aliphatic rings. The fourth-order valence-corrected chi connectivity index (χ4v) is 5.65. The van der Waals surface area contributed by atoms with Gasteiger partial charge in [-0.25, -0.2) is 0 Å². The summed E-state index contributed by atoms with van der Waals surface area (Å²) in [6, 6.07) is 13.5. The fraction of sp³-hybridized carbons (Fsp3) is 0.576. The van der Waals surface area contributed by atoms with Gasteiger partial charge in [-0.15, -0.1) is 0 Å². The molecule has 2 heterocycles. The molecule has 0 bridgehead atoms. The summed E-state index contributed by atoms with van der Waals surface area (Å²) in [5, 5.41) is 11.7. The second-order valence-electron chi connectivity index (χ2n) is 11.7. The quantitative estimate of drug-likeness (QED) is 0.351. The normalized spacial score (nSPS) is 20.0. The smallest absolute Gasteiger partial charge is 0.248 e. The predicted octanol–water partition coefficient (Wildman–Crippen LogP) is 3.28. The van der Waals surface area contributed by atoms with Crippen LogP contribution in [0.2, 0.25) is 0 Å². The van der Waals surface area contributed by atoms with Crippen molar-refractivity contribution in [1.29, 1.82) is 0 Å². The van der Waals surface area contributed by atoms with Gasteiger partial charge in [0.2, 0.25) is 11.8 Å². The van der Waals surface area contributed by atoms with Crippen LogP contribution in [0.1, 0.15) is 43.2 Å². The highest BCUT2D eigenvalue weighted by molar-refractivity contribution is 5.77. The number of aliphatic hydroxyl groups is 1. The van der Waals surface area contributed by atoms with E-state index in [1.165, 1.54) is 7.11 Å². The molecule has 10 heteroatoms. The number of amides is 2. The van der Waals surface area contributed by atoms with E-state index < -0.39 is 5.60 Å². The van der Waals surface area contributed by atoms with Gasteiger partial charge in [-0.05, 0) is 56.0 Å². The molecule has 236 valence electrons. The van der Waals surface area contributed by atoms with Gasteiger partial charge in [-0.1, -0.05) is 30.2 Å². The molecule has 1 atom stereocenters. The lowest BCUT2D eigenvalue weighted by Gasteiger charge is -2.33. The summed E-state index contributed by atoms with van der Waals surface area (Å²) in [4.78, 5) is 30.7. The number of carbonyl (C=O) groups is 2. The number of aryl methyl sites for hydroxylation is 1. The van der Waals surface area contributed by atoms with Gasteiger partial charge in [-0.3, -0.25) is 14.5 Å². The maximum absolute atomic E-state index is 12.7. The van der Waals surface area contributed by atoms with Crippen LogP contribution in [0.15, 0.2) is 42.5 Å². The van der Waals surface area contributed by atoms with Crippen molar-refractivity contribution >= 4 is 11.8 Å². The van der Waals surface area contributed by atoms with E-state index in [2.05, 4.69) is 4.90 Å². The molecule has 2 fully saturated rings. The van der Waals surface area contributed by atoms with Gasteiger partial charge >= 0.3 is 0 Å². The first-order valence-electron chi connectivity index (χ1n) is 15.3. The first kappa shape index (κ1) is 32.6. The van der Waals surface area contributed by atoms with Gasteiger partial charge in [-0.2, -0.15) is 0 Å². The minimum Gasteiger partial charge on any atom is -0.493 e. The van der Waals surface area contributed by atoms with Crippen LogP contribution in [0.4, 0.5) is 0 Å². The second-order valence-corrected chi connectivity index (χ2v) is 11.7. The van der Waals surface area contributed by atoms with Crippen molar-refractivity contribution in [3.63, 3.8) is 0 Å². The summed E-state index contributed by atoms with van der Waals surface area (Å²) in [5.41, 5.74) is 0.837. The number of β-amino-alcohol motifs (C(OH)–C–C–N with tert-alkyl or cyclic N) is 1. The Morgan fingerprint density at radius 1 is 0.953 bits per heavy atom. The highest BCUT2D eigenvalue weighted by Gasteiger charge is 2.37. The molecule has 1 N–H and O–H groups in total. The third kappa shape index (κ3) is 9.84. The van der Waals surface area contributed by atoms with Crippen LogP contribution < -0.4 is 14.2 Å². The summed E-state index contributed by atoms with van der Waals surface area (Å²) in [7, 11) is 3.11. The van der Waals surface area contributed by atoms with Gasteiger partial charge in [0.05, 0.1) is 20.3 Å². The number of rotatable bonds is 13. The van der Waals surface area contributed by atoms with E-state index in [9.17, 15) is 14.7 Å². The van der Waals surface area contributed by atoms with E-state index in [-0.39, 0.29) is 31.6 Å². The van der Waals surface area contributed by atoms with Gasteiger partial charge in [0.25, 0.3) is 0 Å². The molecule has 2 aromatic carbocycles. The Morgan fingerprint density at radius 3 is 2.53 bits per heavy atom. The number of methoxy groups -OCH3 is 2. The third-order valence-corrected chi connectivity index (χ3v) is 7.97. The largest absolute Gasteiger partial charge is 0.493 e. The standard InChI is InChI=1S/C33H47N3O7/c1-26-9-12-28(13-10-26)43-25-33(39)23-34(17-18-36(24-33)32(38)22-40-2)21-27-11-14-29(30(20-27)41-3)42-19-7-16-35-15-6-4-5-8-31(35)37/h9-14,20,39H,4-8,15-19,21-25H2,1-3H3/t33-/m1/s1. The molecule has 2 amide bonds. The lowest BCUT2D eigenvalue weighted by atomic mass is 10.0. The van der Waals surface area contributed by atoms with Gasteiger partial charge in [0.15, 0.2) is 11.5 Å². The van der Waals surface area contributed by atoms with Crippen molar-refractivity contribution in [3.05, 3.63) is 53.6 Å². The molecular formula is C33H47N3O7. The average Bonchev–Trinajstić information content (AvgIpc) is 3.31. The topological polar surface area (TPSA) is 101 Å². The van der Waals surface area contributed by atoms with Crippen LogP contribution >= 0.6 is 0 Å². The molecule has 0 aliphatic carbocycles. The molecule has 0 unspecified atom stereocenters. The molecular weight excluding hydrogens is 550 g/mol. The van der Waals surface area contributed by atoms with Crippen molar-refractivity contribution in [2.75, 3.05) is 73.3 Å². The molecule has 0 spiro atoms. The Labute approximate surface area is 255 Å². The number of ether oxygens (including phenoxy) is 4. The third-order valence-electron chi connectivity index (χ3n) is 7.97. The van der Waals surface area contributed by atoms with Crippen molar-refractivity contribution in [3.8, 4) is 17.2 Å². The summed E-state index contributed by atoms with van der Waals surface area (Å²) >= 11 is 0. The zero-order valence-electron chi connectivity index (χ0n) is 25.9. The number of hydrogen-bond donors (Lipinski definition) is 1. The van der Waals surface area contributed by atoms with Crippen LogP contribution in [-0.4, -0.2) is 111 Å². The molecule has 0 radical (unpaired) electrons. The number of benzene rings is 2. The van der Waals surface area contributed by atoms with Gasteiger partial charge in [0, 0.05) is 52.8 Å². The highest BCUT2D eigenvalue weighted by atomic mass is 16.5. The summed E-state index contributed by atoms with van der Waals surface area (Å²) in [5.74, 6) is 2.04. The Bertz CT molecular complexity index is 1190. The average molecular weight is 598 g/mol. The maximum atomic E-state index is 12.7. The van der Waals surface area contributed by atoms with Crippen LogP contribution in [0, 0.1) is 6.92 Å². The van der Waals surface area contributed by atoms with E-state index in [4.69, 9.17) is 18.9 Å². The second kappa shape index (κ2) is 15.9. The molecule has 2 aromatic rings. The number of nitrogens with zero attached hydrogens (tertiary/aromatic N) is 3. The predicted molar refractivity (Wildman–Crippen MR) is 164 cm³/mol. The summed E-state index contributed by atoms with van der Waals surface area (Å²) in [6.45, 7) is 6.11. The Morgan fingerprint density at radius 2 is 1.77 bits per heavy atom. The number of likely N-dealkylation sites (tertiary alicyclic amines) is 1. The van der Waals surface area contributed by atoms with Gasteiger partial charge in [0.1, 0.15) is 24.6 Å². The van der Waals surface area contributed by atoms with Crippen LogP contribution in [0.3, 0.4) is 0 Å². The molecule has 43 heavy (non-hydrogen) atoms. The van der Waals surface area contributed by atoms with E-state index in [1.54, 1.807) is 12.0 Å². The fourth-order valence-electron chi connectivity index (χ4n) is 5.65. The molecule has 4 rings (SSSR count). The monoisotopic (exact) mass is 597 g/mol. The molecule has 2 aliphatic heterocycles. The van der Waals surface area contributed by atoms with E-state index in [0.29, 0.717) is 63.0 Å². The summed E-state index contributed by atoms with van der Waals surface area (Å²) in [6.07, 6.45) is 4.57. The Kier molecular flexibility index (Phi) is 12.1. The molecule has 0 aromatic heterocycles. The number of hydrogen-bond acceptors (Lipinski definition) is 8.